The first-order valence-electron chi connectivity index (χ1n) is 6.55. The third-order valence-corrected chi connectivity index (χ3v) is 2.94. The second-order valence-corrected chi connectivity index (χ2v) is 4.62. The summed E-state index contributed by atoms with van der Waals surface area (Å²) >= 11 is 0. The van der Waals surface area contributed by atoms with Crippen LogP contribution in [0, 0.1) is 11.6 Å². The van der Waals surface area contributed by atoms with Crippen molar-refractivity contribution < 1.29 is 18.4 Å². The molecule has 0 unspecified atom stereocenters. The van der Waals surface area contributed by atoms with E-state index in [2.05, 4.69) is 5.32 Å². The van der Waals surface area contributed by atoms with E-state index < -0.39 is 23.4 Å². The van der Waals surface area contributed by atoms with Gasteiger partial charge >= 0.3 is 0 Å². The Labute approximate surface area is 126 Å². The predicted molar refractivity (Wildman–Crippen MR) is 79.5 cm³/mol. The number of hydrogen-bond acceptors (Lipinski definition) is 2. The van der Waals surface area contributed by atoms with Crippen LogP contribution in [0.25, 0.3) is 0 Å². The number of hydrogen-bond donors (Lipinski definition) is 1. The molecule has 0 bridgehead atoms. The standard InChI is InChI=1S/C16H14F2N2O2/c1-11(21)20(15-8-7-12(17)9-14(15)18)10-16(22)19-13-5-3-2-4-6-13/h2-9H,10H2,1H3,(H,19,22). The number of anilines is 2. The maximum atomic E-state index is 13.8. The SMILES string of the molecule is CC(=O)N(CC(=O)Nc1ccccc1)c1ccc(F)cc1F. The van der Waals surface area contributed by atoms with Gasteiger partial charge in [-0.05, 0) is 24.3 Å². The Morgan fingerprint density at radius 2 is 1.77 bits per heavy atom. The summed E-state index contributed by atoms with van der Waals surface area (Å²) in [6.07, 6.45) is 0. The van der Waals surface area contributed by atoms with Crippen LogP contribution < -0.4 is 10.2 Å². The maximum Gasteiger partial charge on any atom is 0.244 e. The summed E-state index contributed by atoms with van der Waals surface area (Å²) in [5.74, 6) is -2.65. The van der Waals surface area contributed by atoms with Crippen molar-refractivity contribution in [1.82, 2.24) is 0 Å². The van der Waals surface area contributed by atoms with E-state index >= 15 is 0 Å². The lowest BCUT2D eigenvalue weighted by Gasteiger charge is -2.21. The highest BCUT2D eigenvalue weighted by atomic mass is 19.1. The zero-order valence-corrected chi connectivity index (χ0v) is 11.8. The van der Waals surface area contributed by atoms with Gasteiger partial charge in [0.15, 0.2) is 0 Å². The molecule has 0 heterocycles. The maximum absolute atomic E-state index is 13.8. The fourth-order valence-corrected chi connectivity index (χ4v) is 1.93. The number of rotatable bonds is 4. The molecule has 6 heteroatoms. The smallest absolute Gasteiger partial charge is 0.244 e. The highest BCUT2D eigenvalue weighted by molar-refractivity contribution is 6.01. The second kappa shape index (κ2) is 6.80. The van der Waals surface area contributed by atoms with Gasteiger partial charge in [0, 0.05) is 18.7 Å². The van der Waals surface area contributed by atoms with Gasteiger partial charge < -0.3 is 10.2 Å². The molecule has 0 radical (unpaired) electrons. The van der Waals surface area contributed by atoms with Gasteiger partial charge in [0.2, 0.25) is 11.8 Å². The average molecular weight is 304 g/mol. The Bertz CT molecular complexity index is 690. The molecule has 0 aromatic heterocycles. The van der Waals surface area contributed by atoms with Crippen LogP contribution in [0.4, 0.5) is 20.2 Å². The minimum atomic E-state index is -0.900. The molecular weight excluding hydrogens is 290 g/mol. The fraction of sp³-hybridized carbons (Fsp3) is 0.125. The lowest BCUT2D eigenvalue weighted by molar-refractivity contribution is -0.120. The molecule has 1 N–H and O–H groups in total. The first-order chi connectivity index (χ1) is 10.5. The summed E-state index contributed by atoms with van der Waals surface area (Å²) in [6.45, 7) is 0.839. The third-order valence-electron chi connectivity index (χ3n) is 2.94. The molecule has 4 nitrogen and oxygen atoms in total. The molecule has 0 aliphatic rings. The van der Waals surface area contributed by atoms with Crippen molar-refractivity contribution in [1.29, 1.82) is 0 Å². The summed E-state index contributed by atoms with van der Waals surface area (Å²) in [7, 11) is 0. The zero-order chi connectivity index (χ0) is 16.1. The van der Waals surface area contributed by atoms with Crippen molar-refractivity contribution in [3.63, 3.8) is 0 Å². The van der Waals surface area contributed by atoms with Crippen molar-refractivity contribution >= 4 is 23.2 Å². The zero-order valence-electron chi connectivity index (χ0n) is 11.8. The second-order valence-electron chi connectivity index (χ2n) is 4.62. The van der Waals surface area contributed by atoms with Crippen LogP contribution in [0.3, 0.4) is 0 Å². The molecule has 0 spiro atoms. The largest absolute Gasteiger partial charge is 0.325 e. The van der Waals surface area contributed by atoms with Gasteiger partial charge in [0.05, 0.1) is 5.69 Å². The first-order valence-corrected chi connectivity index (χ1v) is 6.55. The van der Waals surface area contributed by atoms with Crippen LogP contribution >= 0.6 is 0 Å². The fourth-order valence-electron chi connectivity index (χ4n) is 1.93. The van der Waals surface area contributed by atoms with Gasteiger partial charge in [-0.15, -0.1) is 0 Å². The van der Waals surface area contributed by atoms with Gasteiger partial charge in [0.1, 0.15) is 18.2 Å². The lowest BCUT2D eigenvalue weighted by atomic mass is 10.2. The van der Waals surface area contributed by atoms with E-state index in [0.29, 0.717) is 11.8 Å². The Morgan fingerprint density at radius 3 is 2.36 bits per heavy atom. The molecule has 0 saturated carbocycles. The van der Waals surface area contributed by atoms with Crippen LogP contribution in [0.5, 0.6) is 0 Å². The third kappa shape index (κ3) is 3.88. The number of amides is 2. The number of nitrogens with one attached hydrogen (secondary N) is 1. The summed E-state index contributed by atoms with van der Waals surface area (Å²) < 4.78 is 26.7. The number of carbonyl (C=O) groups excluding carboxylic acids is 2. The summed E-state index contributed by atoms with van der Waals surface area (Å²) in [5, 5.41) is 2.60. The predicted octanol–water partition coefficient (Wildman–Crippen LogP) is 2.96. The monoisotopic (exact) mass is 304 g/mol. The van der Waals surface area contributed by atoms with E-state index in [1.54, 1.807) is 30.3 Å². The van der Waals surface area contributed by atoms with Crippen LogP contribution in [0.15, 0.2) is 48.5 Å². The van der Waals surface area contributed by atoms with Crippen LogP contribution in [0.2, 0.25) is 0 Å². The van der Waals surface area contributed by atoms with Gasteiger partial charge in [-0.1, -0.05) is 18.2 Å². The molecule has 22 heavy (non-hydrogen) atoms. The normalized spacial score (nSPS) is 10.1. The minimum absolute atomic E-state index is 0.142. The van der Waals surface area contributed by atoms with E-state index in [0.717, 1.165) is 17.0 Å². The van der Waals surface area contributed by atoms with Crippen LogP contribution in [-0.4, -0.2) is 18.4 Å². The Kier molecular flexibility index (Phi) is 4.83. The quantitative estimate of drug-likeness (QED) is 0.944. The highest BCUT2D eigenvalue weighted by Crippen LogP contribution is 2.20. The van der Waals surface area contributed by atoms with E-state index in [4.69, 9.17) is 0 Å². The molecule has 2 rings (SSSR count). The summed E-state index contributed by atoms with van der Waals surface area (Å²) in [6, 6.07) is 11.5. The van der Waals surface area contributed by atoms with Crippen molar-refractivity contribution in [2.45, 2.75) is 6.92 Å². The molecule has 0 fully saturated rings. The van der Waals surface area contributed by atoms with Crippen LogP contribution in [-0.2, 0) is 9.59 Å². The van der Waals surface area contributed by atoms with Gasteiger partial charge in [0.25, 0.3) is 0 Å². The van der Waals surface area contributed by atoms with Gasteiger partial charge in [-0.2, -0.15) is 0 Å². The molecule has 2 amide bonds. The Morgan fingerprint density at radius 1 is 1.09 bits per heavy atom. The first kappa shape index (κ1) is 15.6. The van der Waals surface area contributed by atoms with E-state index in [-0.39, 0.29) is 12.2 Å². The van der Waals surface area contributed by atoms with Gasteiger partial charge in [-0.3, -0.25) is 9.59 Å². The van der Waals surface area contributed by atoms with E-state index in [1.807, 2.05) is 0 Å². The number of halogens is 2. The topological polar surface area (TPSA) is 49.4 Å². The van der Waals surface area contributed by atoms with Crippen molar-refractivity contribution in [3.05, 3.63) is 60.2 Å². The Balaban J connectivity index is 2.15. The molecule has 0 aliphatic heterocycles. The molecule has 0 saturated heterocycles. The summed E-state index contributed by atoms with van der Waals surface area (Å²) in [4.78, 5) is 24.6. The summed E-state index contributed by atoms with van der Waals surface area (Å²) in [5.41, 5.74) is 0.424. The van der Waals surface area contributed by atoms with E-state index in [9.17, 15) is 18.4 Å². The number of para-hydroxylation sites is 1. The lowest BCUT2D eigenvalue weighted by Crippen LogP contribution is -2.37. The average Bonchev–Trinajstić information content (AvgIpc) is 2.46. The van der Waals surface area contributed by atoms with Crippen molar-refractivity contribution in [2.24, 2.45) is 0 Å². The van der Waals surface area contributed by atoms with Crippen molar-refractivity contribution in [2.75, 3.05) is 16.8 Å². The number of carbonyl (C=O) groups is 2. The molecular formula is C16H14F2N2O2. The molecule has 0 aliphatic carbocycles. The minimum Gasteiger partial charge on any atom is -0.325 e. The van der Waals surface area contributed by atoms with Crippen molar-refractivity contribution in [3.8, 4) is 0 Å². The van der Waals surface area contributed by atoms with Gasteiger partial charge in [-0.25, -0.2) is 8.78 Å². The molecule has 2 aromatic carbocycles. The number of nitrogens with zero attached hydrogens (tertiary/aromatic N) is 1. The highest BCUT2D eigenvalue weighted by Gasteiger charge is 2.19. The molecule has 114 valence electrons. The number of benzene rings is 2. The molecule has 0 atom stereocenters. The van der Waals surface area contributed by atoms with Crippen LogP contribution in [0.1, 0.15) is 6.92 Å². The molecule has 2 aromatic rings. The van der Waals surface area contributed by atoms with E-state index in [1.165, 1.54) is 6.92 Å². The Hall–Kier alpha value is -2.76.